The largest absolute Gasteiger partial charge is 0.390 e. The average molecular weight is 197 g/mol. The summed E-state index contributed by atoms with van der Waals surface area (Å²) in [6, 6.07) is 1.92. The lowest BCUT2D eigenvalue weighted by molar-refractivity contribution is -0.0207. The Morgan fingerprint density at radius 2 is 2.57 bits per heavy atom. The topological polar surface area (TPSA) is 61.4 Å². The molecule has 1 saturated heterocycles. The highest BCUT2D eigenvalue weighted by Crippen LogP contribution is 2.18. The number of aliphatic hydroxyl groups is 1. The van der Waals surface area contributed by atoms with Crippen molar-refractivity contribution in [2.75, 3.05) is 25.1 Å². The third-order valence-electron chi connectivity index (χ3n) is 2.64. The van der Waals surface area contributed by atoms with Gasteiger partial charge in [-0.2, -0.15) is 5.10 Å². The summed E-state index contributed by atoms with van der Waals surface area (Å²) >= 11 is 0. The van der Waals surface area contributed by atoms with Gasteiger partial charge in [-0.25, -0.2) is 0 Å². The van der Waals surface area contributed by atoms with Crippen molar-refractivity contribution in [3.8, 4) is 0 Å². The van der Waals surface area contributed by atoms with Crippen LogP contribution in [0.3, 0.4) is 0 Å². The van der Waals surface area contributed by atoms with E-state index in [1.165, 1.54) is 0 Å². The van der Waals surface area contributed by atoms with Gasteiger partial charge in [-0.05, 0) is 6.42 Å². The molecule has 1 aromatic rings. The van der Waals surface area contributed by atoms with Crippen LogP contribution in [0.15, 0.2) is 12.3 Å². The molecule has 0 amide bonds. The first kappa shape index (κ1) is 9.48. The number of ether oxygens (including phenoxy) is 1. The molecule has 0 unspecified atom stereocenters. The number of hydrogen-bond donors (Lipinski definition) is 2. The second-order valence-corrected chi connectivity index (χ2v) is 3.51. The molecule has 1 fully saturated rings. The van der Waals surface area contributed by atoms with Gasteiger partial charge in [0.1, 0.15) is 11.9 Å². The minimum Gasteiger partial charge on any atom is -0.390 e. The molecule has 2 rings (SSSR count). The van der Waals surface area contributed by atoms with Crippen LogP contribution in [0.5, 0.6) is 0 Å². The molecule has 2 heterocycles. The van der Waals surface area contributed by atoms with Crippen molar-refractivity contribution in [1.29, 1.82) is 0 Å². The molecule has 14 heavy (non-hydrogen) atoms. The van der Waals surface area contributed by atoms with Crippen molar-refractivity contribution in [1.82, 2.24) is 10.2 Å². The number of piperidine rings is 1. The number of nitrogens with zero attached hydrogens (tertiary/aromatic N) is 2. The molecule has 0 spiro atoms. The van der Waals surface area contributed by atoms with E-state index in [2.05, 4.69) is 15.1 Å². The van der Waals surface area contributed by atoms with E-state index in [-0.39, 0.29) is 12.2 Å². The zero-order chi connectivity index (χ0) is 9.97. The third kappa shape index (κ3) is 1.73. The Bertz CT molecular complexity index is 276. The van der Waals surface area contributed by atoms with Crippen molar-refractivity contribution in [2.24, 2.45) is 0 Å². The molecule has 5 nitrogen and oxygen atoms in total. The molecule has 0 radical (unpaired) electrons. The molecule has 5 heteroatoms. The van der Waals surface area contributed by atoms with Crippen LogP contribution in [0, 0.1) is 0 Å². The minimum absolute atomic E-state index is 0.111. The van der Waals surface area contributed by atoms with Crippen LogP contribution >= 0.6 is 0 Å². The maximum absolute atomic E-state index is 9.60. The van der Waals surface area contributed by atoms with E-state index >= 15 is 0 Å². The van der Waals surface area contributed by atoms with Crippen molar-refractivity contribution >= 4 is 5.82 Å². The average Bonchev–Trinajstić information content (AvgIpc) is 2.71. The summed E-state index contributed by atoms with van der Waals surface area (Å²) < 4.78 is 5.20. The van der Waals surface area contributed by atoms with Crippen LogP contribution < -0.4 is 4.90 Å². The smallest absolute Gasteiger partial charge is 0.150 e. The van der Waals surface area contributed by atoms with E-state index in [0.717, 1.165) is 18.8 Å². The zero-order valence-corrected chi connectivity index (χ0v) is 8.18. The Kier molecular flexibility index (Phi) is 2.69. The van der Waals surface area contributed by atoms with Gasteiger partial charge in [-0.15, -0.1) is 0 Å². The monoisotopic (exact) mass is 197 g/mol. The van der Waals surface area contributed by atoms with Gasteiger partial charge in [0.15, 0.2) is 0 Å². The van der Waals surface area contributed by atoms with E-state index in [1.54, 1.807) is 13.3 Å². The fourth-order valence-electron chi connectivity index (χ4n) is 1.77. The number of methoxy groups -OCH3 is 1. The molecular formula is C9H15N3O2. The SMILES string of the molecule is CO[C@H]1CN(c2cc[nH]n2)CC[C@H]1O. The highest BCUT2D eigenvalue weighted by Gasteiger charge is 2.28. The number of hydrogen-bond acceptors (Lipinski definition) is 4. The lowest BCUT2D eigenvalue weighted by atomic mass is 10.1. The summed E-state index contributed by atoms with van der Waals surface area (Å²) in [5.74, 6) is 0.916. The highest BCUT2D eigenvalue weighted by atomic mass is 16.5. The molecule has 0 saturated carbocycles. The summed E-state index contributed by atoms with van der Waals surface area (Å²) in [6.45, 7) is 1.52. The second kappa shape index (κ2) is 3.98. The van der Waals surface area contributed by atoms with Gasteiger partial charge in [0.2, 0.25) is 0 Å². The van der Waals surface area contributed by atoms with Crippen LogP contribution in [-0.2, 0) is 4.74 Å². The van der Waals surface area contributed by atoms with Gasteiger partial charge in [-0.1, -0.05) is 0 Å². The highest BCUT2D eigenvalue weighted by molar-refractivity contribution is 5.37. The summed E-state index contributed by atoms with van der Waals surface area (Å²) in [4.78, 5) is 2.11. The number of aliphatic hydroxyl groups excluding tert-OH is 1. The predicted molar refractivity (Wildman–Crippen MR) is 52.2 cm³/mol. The number of rotatable bonds is 2. The Balaban J connectivity index is 2.03. The predicted octanol–water partition coefficient (Wildman–Crippen LogP) is -0.00430. The Hall–Kier alpha value is -1.07. The summed E-state index contributed by atoms with van der Waals surface area (Å²) in [6.07, 6.45) is 2.06. The number of aromatic nitrogens is 2. The van der Waals surface area contributed by atoms with E-state index < -0.39 is 0 Å². The first-order valence-electron chi connectivity index (χ1n) is 4.77. The van der Waals surface area contributed by atoms with Crippen LogP contribution in [0.2, 0.25) is 0 Å². The molecule has 0 bridgehead atoms. The maximum atomic E-state index is 9.60. The lowest BCUT2D eigenvalue weighted by Gasteiger charge is -2.35. The van der Waals surface area contributed by atoms with Gasteiger partial charge in [0.25, 0.3) is 0 Å². The molecular weight excluding hydrogens is 182 g/mol. The van der Waals surface area contributed by atoms with Gasteiger partial charge < -0.3 is 14.7 Å². The summed E-state index contributed by atoms with van der Waals surface area (Å²) in [5, 5.41) is 16.5. The second-order valence-electron chi connectivity index (χ2n) is 3.51. The number of H-pyrrole nitrogens is 1. The molecule has 2 atom stereocenters. The first-order chi connectivity index (χ1) is 6.81. The van der Waals surface area contributed by atoms with Crippen LogP contribution in [0.4, 0.5) is 5.82 Å². The standard InChI is InChI=1S/C9H15N3O2/c1-14-8-6-12(5-3-7(8)13)9-2-4-10-11-9/h2,4,7-8,13H,3,5-6H2,1H3,(H,10,11)/t7-,8+/m1/s1. The zero-order valence-electron chi connectivity index (χ0n) is 8.18. The van der Waals surface area contributed by atoms with E-state index in [1.807, 2.05) is 6.07 Å². The van der Waals surface area contributed by atoms with E-state index in [4.69, 9.17) is 4.74 Å². The molecule has 0 aromatic carbocycles. The third-order valence-corrected chi connectivity index (χ3v) is 2.64. The van der Waals surface area contributed by atoms with Gasteiger partial charge >= 0.3 is 0 Å². The molecule has 0 aliphatic carbocycles. The normalized spacial score (nSPS) is 28.0. The van der Waals surface area contributed by atoms with Crippen LogP contribution in [-0.4, -0.2) is 47.7 Å². The fourth-order valence-corrected chi connectivity index (χ4v) is 1.77. The lowest BCUT2D eigenvalue weighted by Crippen LogP contribution is -2.47. The fraction of sp³-hybridized carbons (Fsp3) is 0.667. The Labute approximate surface area is 82.7 Å². The van der Waals surface area contributed by atoms with Gasteiger partial charge in [0.05, 0.1) is 6.10 Å². The summed E-state index contributed by atoms with van der Waals surface area (Å²) in [7, 11) is 1.63. The minimum atomic E-state index is -0.352. The van der Waals surface area contributed by atoms with Crippen molar-refractivity contribution in [3.63, 3.8) is 0 Å². The number of nitrogens with one attached hydrogen (secondary N) is 1. The van der Waals surface area contributed by atoms with Gasteiger partial charge in [0, 0.05) is 32.5 Å². The quantitative estimate of drug-likeness (QED) is 0.700. The van der Waals surface area contributed by atoms with Crippen molar-refractivity contribution in [3.05, 3.63) is 12.3 Å². The van der Waals surface area contributed by atoms with Crippen molar-refractivity contribution in [2.45, 2.75) is 18.6 Å². The van der Waals surface area contributed by atoms with Crippen LogP contribution in [0.1, 0.15) is 6.42 Å². The molecule has 1 aliphatic rings. The number of aromatic amines is 1. The number of anilines is 1. The van der Waals surface area contributed by atoms with E-state index in [0.29, 0.717) is 6.54 Å². The first-order valence-corrected chi connectivity index (χ1v) is 4.77. The molecule has 1 aliphatic heterocycles. The van der Waals surface area contributed by atoms with E-state index in [9.17, 15) is 5.11 Å². The summed E-state index contributed by atoms with van der Waals surface area (Å²) in [5.41, 5.74) is 0. The molecule has 1 aromatic heterocycles. The van der Waals surface area contributed by atoms with Gasteiger partial charge in [-0.3, -0.25) is 5.10 Å². The van der Waals surface area contributed by atoms with Crippen molar-refractivity contribution < 1.29 is 9.84 Å². The molecule has 78 valence electrons. The Morgan fingerprint density at radius 3 is 3.21 bits per heavy atom. The molecule has 2 N–H and O–H groups in total. The Morgan fingerprint density at radius 1 is 1.71 bits per heavy atom. The maximum Gasteiger partial charge on any atom is 0.150 e. The van der Waals surface area contributed by atoms with Crippen LogP contribution in [0.25, 0.3) is 0 Å².